The van der Waals surface area contributed by atoms with Crippen LogP contribution in [0.1, 0.15) is 50.9 Å². The van der Waals surface area contributed by atoms with Gasteiger partial charge in [0.25, 0.3) is 0 Å². The minimum Gasteiger partial charge on any atom is -0.356 e. The van der Waals surface area contributed by atoms with E-state index in [-0.39, 0.29) is 5.91 Å². The first-order chi connectivity index (χ1) is 9.22. The Hall–Kier alpha value is -1.04. The molecule has 1 saturated carbocycles. The molecule has 5 nitrogen and oxygen atoms in total. The number of rotatable bonds is 5. The van der Waals surface area contributed by atoms with E-state index in [9.17, 15) is 4.79 Å². The number of aryl methyl sites for hydroxylation is 1. The minimum absolute atomic E-state index is 0.0587. The van der Waals surface area contributed by atoms with Crippen LogP contribution in [0.5, 0.6) is 0 Å². The molecule has 0 aromatic carbocycles. The van der Waals surface area contributed by atoms with Crippen molar-refractivity contribution in [3.8, 4) is 0 Å². The molecular weight excluding hydrogens is 260 g/mol. The number of carbonyl (C=O) groups is 1. The van der Waals surface area contributed by atoms with Gasteiger partial charge in [-0.1, -0.05) is 31.0 Å². The second-order valence-electron chi connectivity index (χ2n) is 4.93. The molecule has 19 heavy (non-hydrogen) atoms. The molecule has 0 radical (unpaired) electrons. The molecule has 1 aromatic rings. The Morgan fingerprint density at radius 3 is 2.79 bits per heavy atom. The van der Waals surface area contributed by atoms with Crippen molar-refractivity contribution in [1.82, 2.24) is 20.1 Å². The highest BCUT2D eigenvalue weighted by molar-refractivity contribution is 7.99. The van der Waals surface area contributed by atoms with Gasteiger partial charge in [0.2, 0.25) is 5.91 Å². The van der Waals surface area contributed by atoms with E-state index in [1.165, 1.54) is 43.9 Å². The number of aromatic nitrogens is 3. The van der Waals surface area contributed by atoms with Crippen molar-refractivity contribution >= 4 is 17.7 Å². The zero-order valence-corrected chi connectivity index (χ0v) is 12.5. The topological polar surface area (TPSA) is 59.8 Å². The molecule has 1 heterocycles. The molecule has 0 spiro atoms. The van der Waals surface area contributed by atoms with Crippen LogP contribution in [-0.2, 0) is 4.79 Å². The summed E-state index contributed by atoms with van der Waals surface area (Å²) in [6.07, 6.45) is 6.30. The number of hydrogen-bond donors (Lipinski definition) is 1. The Kier molecular flexibility index (Phi) is 5.24. The maximum absolute atomic E-state index is 11.5. The van der Waals surface area contributed by atoms with Gasteiger partial charge < -0.3 is 9.88 Å². The third-order valence-corrected chi connectivity index (χ3v) is 4.42. The number of amides is 1. The highest BCUT2D eigenvalue weighted by Gasteiger charge is 2.21. The standard InChI is InChI=1S/C13H22N4OS/c1-3-14-12(18)9-19-13-16-15-10(2)17(13)11-7-5-4-6-8-11/h11H,3-9H2,1-2H3,(H,14,18). The van der Waals surface area contributed by atoms with E-state index in [1.807, 2.05) is 13.8 Å². The molecule has 0 unspecified atom stereocenters. The second-order valence-corrected chi connectivity index (χ2v) is 5.88. The van der Waals surface area contributed by atoms with Crippen molar-refractivity contribution in [2.75, 3.05) is 12.3 Å². The second kappa shape index (κ2) is 6.93. The van der Waals surface area contributed by atoms with Crippen molar-refractivity contribution in [1.29, 1.82) is 0 Å². The molecule has 0 atom stereocenters. The summed E-state index contributed by atoms with van der Waals surface area (Å²) in [6.45, 7) is 4.60. The van der Waals surface area contributed by atoms with Crippen molar-refractivity contribution < 1.29 is 4.79 Å². The number of thioether (sulfide) groups is 1. The quantitative estimate of drug-likeness (QED) is 0.842. The van der Waals surface area contributed by atoms with Crippen LogP contribution in [0, 0.1) is 6.92 Å². The van der Waals surface area contributed by atoms with Crippen LogP contribution in [0.25, 0.3) is 0 Å². The van der Waals surface area contributed by atoms with Gasteiger partial charge in [-0.15, -0.1) is 10.2 Å². The van der Waals surface area contributed by atoms with E-state index >= 15 is 0 Å². The molecule has 6 heteroatoms. The van der Waals surface area contributed by atoms with Gasteiger partial charge >= 0.3 is 0 Å². The smallest absolute Gasteiger partial charge is 0.230 e. The van der Waals surface area contributed by atoms with Gasteiger partial charge in [0, 0.05) is 12.6 Å². The molecule has 1 aliphatic rings. The van der Waals surface area contributed by atoms with E-state index in [4.69, 9.17) is 0 Å². The summed E-state index contributed by atoms with van der Waals surface area (Å²) >= 11 is 1.49. The third kappa shape index (κ3) is 3.72. The maximum atomic E-state index is 11.5. The van der Waals surface area contributed by atoms with Crippen LogP contribution in [0.2, 0.25) is 0 Å². The van der Waals surface area contributed by atoms with Crippen molar-refractivity contribution in [3.63, 3.8) is 0 Å². The number of nitrogens with zero attached hydrogens (tertiary/aromatic N) is 3. The first-order valence-electron chi connectivity index (χ1n) is 7.03. The summed E-state index contributed by atoms with van der Waals surface area (Å²) < 4.78 is 2.23. The Bertz CT molecular complexity index is 426. The first-order valence-corrected chi connectivity index (χ1v) is 8.02. The summed E-state index contributed by atoms with van der Waals surface area (Å²) in [5.74, 6) is 1.44. The fourth-order valence-electron chi connectivity index (χ4n) is 2.59. The molecule has 2 rings (SSSR count). The highest BCUT2D eigenvalue weighted by Crippen LogP contribution is 2.32. The average Bonchev–Trinajstić information content (AvgIpc) is 2.79. The zero-order valence-electron chi connectivity index (χ0n) is 11.7. The van der Waals surface area contributed by atoms with Crippen molar-refractivity contribution in [2.24, 2.45) is 0 Å². The summed E-state index contributed by atoms with van der Waals surface area (Å²) in [5, 5.41) is 12.1. The molecule has 1 amide bonds. The lowest BCUT2D eigenvalue weighted by Gasteiger charge is -2.24. The summed E-state index contributed by atoms with van der Waals surface area (Å²) in [5.41, 5.74) is 0. The molecular formula is C13H22N4OS. The Balaban J connectivity index is 2.02. The van der Waals surface area contributed by atoms with Gasteiger partial charge in [0.05, 0.1) is 5.75 Å². The molecule has 1 aromatic heterocycles. The lowest BCUT2D eigenvalue weighted by atomic mass is 9.95. The fraction of sp³-hybridized carbons (Fsp3) is 0.769. The summed E-state index contributed by atoms with van der Waals surface area (Å²) in [6, 6.07) is 0.514. The van der Waals surface area contributed by atoms with Gasteiger partial charge in [0.15, 0.2) is 5.16 Å². The number of nitrogens with one attached hydrogen (secondary N) is 1. The van der Waals surface area contributed by atoms with Crippen molar-refractivity contribution in [3.05, 3.63) is 5.82 Å². The van der Waals surface area contributed by atoms with Crippen LogP contribution in [0.4, 0.5) is 0 Å². The van der Waals surface area contributed by atoms with E-state index in [1.54, 1.807) is 0 Å². The molecule has 1 N–H and O–H groups in total. The largest absolute Gasteiger partial charge is 0.356 e. The first kappa shape index (κ1) is 14.4. The van der Waals surface area contributed by atoms with Crippen LogP contribution >= 0.6 is 11.8 Å². The normalized spacial score (nSPS) is 16.5. The maximum Gasteiger partial charge on any atom is 0.230 e. The van der Waals surface area contributed by atoms with E-state index in [0.717, 1.165) is 11.0 Å². The number of hydrogen-bond acceptors (Lipinski definition) is 4. The van der Waals surface area contributed by atoms with Crippen LogP contribution in [-0.4, -0.2) is 33.0 Å². The zero-order chi connectivity index (χ0) is 13.7. The summed E-state index contributed by atoms with van der Waals surface area (Å²) in [7, 11) is 0. The Labute approximate surface area is 118 Å². The Morgan fingerprint density at radius 1 is 1.37 bits per heavy atom. The van der Waals surface area contributed by atoms with Gasteiger partial charge in [-0.2, -0.15) is 0 Å². The molecule has 0 aliphatic heterocycles. The lowest BCUT2D eigenvalue weighted by molar-refractivity contribution is -0.118. The van der Waals surface area contributed by atoms with Gasteiger partial charge in [-0.05, 0) is 26.7 Å². The van der Waals surface area contributed by atoms with E-state index < -0.39 is 0 Å². The molecule has 1 fully saturated rings. The molecule has 0 saturated heterocycles. The summed E-state index contributed by atoms with van der Waals surface area (Å²) in [4.78, 5) is 11.5. The SMILES string of the molecule is CCNC(=O)CSc1nnc(C)n1C1CCCCC1. The highest BCUT2D eigenvalue weighted by atomic mass is 32.2. The predicted molar refractivity (Wildman–Crippen MR) is 76.3 cm³/mol. The number of carbonyl (C=O) groups excluding carboxylic acids is 1. The Morgan fingerprint density at radius 2 is 2.11 bits per heavy atom. The van der Waals surface area contributed by atoms with Crippen LogP contribution in [0.15, 0.2) is 5.16 Å². The third-order valence-electron chi connectivity index (χ3n) is 3.48. The van der Waals surface area contributed by atoms with Gasteiger partial charge in [-0.3, -0.25) is 4.79 Å². The predicted octanol–water partition coefficient (Wildman–Crippen LogP) is 2.32. The van der Waals surface area contributed by atoms with Gasteiger partial charge in [-0.25, -0.2) is 0 Å². The monoisotopic (exact) mass is 282 g/mol. The van der Waals surface area contributed by atoms with Crippen molar-refractivity contribution in [2.45, 2.75) is 57.1 Å². The fourth-order valence-corrected chi connectivity index (χ4v) is 3.47. The van der Waals surface area contributed by atoms with Crippen LogP contribution < -0.4 is 5.32 Å². The average molecular weight is 282 g/mol. The molecule has 0 bridgehead atoms. The van der Waals surface area contributed by atoms with E-state index in [0.29, 0.717) is 18.3 Å². The minimum atomic E-state index is 0.0587. The molecule has 106 valence electrons. The van der Waals surface area contributed by atoms with E-state index in [2.05, 4.69) is 20.1 Å². The van der Waals surface area contributed by atoms with Crippen LogP contribution in [0.3, 0.4) is 0 Å². The lowest BCUT2D eigenvalue weighted by Crippen LogP contribution is -2.24. The molecule has 1 aliphatic carbocycles. The van der Waals surface area contributed by atoms with Gasteiger partial charge in [0.1, 0.15) is 5.82 Å².